The summed E-state index contributed by atoms with van der Waals surface area (Å²) in [6.07, 6.45) is 0.311. The summed E-state index contributed by atoms with van der Waals surface area (Å²) in [5, 5.41) is 0. The Labute approximate surface area is 205 Å². The standard InChI is InChI=1S/C27H32FN3O4/c1-19(28)26(32)31-17-23(18-31)35-22-7-8-24-25(15-22)34-14-13-30(27(24)33)11-4-10-29-12-9-20-5-2-3-6-21(20)16-29/h2-3,5-8,15,19,23H,4,9-14,16-18H2,1H3. The van der Waals surface area contributed by atoms with Crippen LogP contribution in [0.4, 0.5) is 4.39 Å². The third-order valence-electron chi connectivity index (χ3n) is 7.00. The number of fused-ring (bicyclic) bond motifs is 2. The molecule has 2 amide bonds. The first-order valence-electron chi connectivity index (χ1n) is 12.4. The Bertz CT molecular complexity index is 1090. The van der Waals surface area contributed by atoms with Crippen LogP contribution in [0.5, 0.6) is 11.5 Å². The van der Waals surface area contributed by atoms with Crippen LogP contribution in [0.1, 0.15) is 34.8 Å². The van der Waals surface area contributed by atoms with E-state index in [0.29, 0.717) is 49.8 Å². The maximum atomic E-state index is 13.2. The molecule has 0 aromatic heterocycles. The number of nitrogens with zero attached hydrogens (tertiary/aromatic N) is 3. The Balaban J connectivity index is 1.13. The van der Waals surface area contributed by atoms with Gasteiger partial charge in [0.2, 0.25) is 0 Å². The summed E-state index contributed by atoms with van der Waals surface area (Å²) < 4.78 is 24.9. The molecule has 2 aromatic carbocycles. The lowest BCUT2D eigenvalue weighted by atomic mass is 10.00. The molecule has 3 aliphatic heterocycles. The second-order valence-electron chi connectivity index (χ2n) is 9.55. The molecule has 3 heterocycles. The Morgan fingerprint density at radius 1 is 1.14 bits per heavy atom. The lowest BCUT2D eigenvalue weighted by Crippen LogP contribution is -2.57. The first-order chi connectivity index (χ1) is 17.0. The molecule has 1 atom stereocenters. The van der Waals surface area contributed by atoms with E-state index in [9.17, 15) is 14.0 Å². The minimum Gasteiger partial charge on any atom is -0.491 e. The molecule has 1 fully saturated rings. The first-order valence-corrected chi connectivity index (χ1v) is 12.4. The summed E-state index contributed by atoms with van der Waals surface area (Å²) in [5.74, 6) is 0.573. The molecule has 1 saturated heterocycles. The maximum absolute atomic E-state index is 13.2. The zero-order chi connectivity index (χ0) is 24.4. The van der Waals surface area contributed by atoms with E-state index >= 15 is 0 Å². The van der Waals surface area contributed by atoms with Crippen LogP contribution in [-0.2, 0) is 17.8 Å². The van der Waals surface area contributed by atoms with Gasteiger partial charge in [-0.15, -0.1) is 0 Å². The van der Waals surface area contributed by atoms with Crippen LogP contribution < -0.4 is 9.47 Å². The van der Waals surface area contributed by atoms with Crippen molar-refractivity contribution in [3.63, 3.8) is 0 Å². The van der Waals surface area contributed by atoms with E-state index in [0.717, 1.165) is 32.5 Å². The molecule has 0 radical (unpaired) electrons. The molecule has 0 aliphatic carbocycles. The highest BCUT2D eigenvalue weighted by atomic mass is 19.1. The number of likely N-dealkylation sites (tertiary alicyclic amines) is 1. The summed E-state index contributed by atoms with van der Waals surface area (Å²) in [7, 11) is 0. The number of halogens is 1. The minimum absolute atomic E-state index is 0.0228. The number of rotatable bonds is 7. The lowest BCUT2D eigenvalue weighted by molar-refractivity contribution is -0.144. The minimum atomic E-state index is -1.50. The van der Waals surface area contributed by atoms with Gasteiger partial charge in [0.15, 0.2) is 6.17 Å². The second-order valence-corrected chi connectivity index (χ2v) is 9.55. The van der Waals surface area contributed by atoms with Crippen molar-refractivity contribution in [2.24, 2.45) is 0 Å². The first kappa shape index (κ1) is 23.6. The summed E-state index contributed by atoms with van der Waals surface area (Å²) in [6, 6.07) is 13.9. The molecule has 0 spiro atoms. The van der Waals surface area contributed by atoms with Crippen molar-refractivity contribution in [3.8, 4) is 11.5 Å². The Hall–Kier alpha value is -3.13. The average Bonchev–Trinajstić information content (AvgIpc) is 2.99. The molecular weight excluding hydrogens is 449 g/mol. The van der Waals surface area contributed by atoms with Crippen LogP contribution in [0.25, 0.3) is 0 Å². The number of benzene rings is 2. The molecule has 3 aliphatic rings. The van der Waals surface area contributed by atoms with E-state index in [4.69, 9.17) is 9.47 Å². The van der Waals surface area contributed by atoms with Gasteiger partial charge in [-0.2, -0.15) is 0 Å². The van der Waals surface area contributed by atoms with Crippen molar-refractivity contribution < 1.29 is 23.5 Å². The van der Waals surface area contributed by atoms with E-state index < -0.39 is 12.1 Å². The van der Waals surface area contributed by atoms with E-state index in [1.807, 2.05) is 4.90 Å². The fourth-order valence-electron chi connectivity index (χ4n) is 4.99. The number of carbonyl (C=O) groups is 2. The normalized spacial score (nSPS) is 19.2. The molecular formula is C27H32FN3O4. The van der Waals surface area contributed by atoms with Crippen LogP contribution in [0.3, 0.4) is 0 Å². The van der Waals surface area contributed by atoms with Gasteiger partial charge in [0, 0.05) is 32.2 Å². The smallest absolute Gasteiger partial charge is 0.257 e. The lowest BCUT2D eigenvalue weighted by Gasteiger charge is -2.39. The fourth-order valence-corrected chi connectivity index (χ4v) is 4.99. The molecule has 7 nitrogen and oxygen atoms in total. The van der Waals surface area contributed by atoms with E-state index in [1.54, 1.807) is 18.2 Å². The summed E-state index contributed by atoms with van der Waals surface area (Å²) in [6.45, 7) is 6.62. The van der Waals surface area contributed by atoms with Crippen LogP contribution >= 0.6 is 0 Å². The van der Waals surface area contributed by atoms with Crippen LogP contribution in [0.2, 0.25) is 0 Å². The number of alkyl halides is 1. The molecule has 0 bridgehead atoms. The number of ether oxygens (including phenoxy) is 2. The molecule has 0 saturated carbocycles. The highest BCUT2D eigenvalue weighted by Gasteiger charge is 2.35. The van der Waals surface area contributed by atoms with Crippen LogP contribution in [0, 0.1) is 0 Å². The predicted molar refractivity (Wildman–Crippen MR) is 129 cm³/mol. The second kappa shape index (κ2) is 10.2. The summed E-state index contributed by atoms with van der Waals surface area (Å²) in [4.78, 5) is 30.6. The predicted octanol–water partition coefficient (Wildman–Crippen LogP) is 2.92. The molecule has 8 heteroatoms. The van der Waals surface area contributed by atoms with Gasteiger partial charge >= 0.3 is 0 Å². The van der Waals surface area contributed by atoms with Gasteiger partial charge in [0.1, 0.15) is 24.2 Å². The van der Waals surface area contributed by atoms with Crippen LogP contribution in [-0.4, -0.2) is 84.7 Å². The zero-order valence-corrected chi connectivity index (χ0v) is 20.1. The van der Waals surface area contributed by atoms with Crippen molar-refractivity contribution in [2.75, 3.05) is 45.9 Å². The van der Waals surface area contributed by atoms with Gasteiger partial charge < -0.3 is 19.3 Å². The van der Waals surface area contributed by atoms with Gasteiger partial charge in [-0.3, -0.25) is 14.5 Å². The van der Waals surface area contributed by atoms with Crippen molar-refractivity contribution in [1.29, 1.82) is 0 Å². The molecule has 35 heavy (non-hydrogen) atoms. The zero-order valence-electron chi connectivity index (χ0n) is 20.1. The highest BCUT2D eigenvalue weighted by Crippen LogP contribution is 2.30. The molecule has 0 N–H and O–H groups in total. The van der Waals surface area contributed by atoms with Crippen molar-refractivity contribution in [2.45, 2.75) is 38.6 Å². The Kier molecular flexibility index (Phi) is 6.90. The van der Waals surface area contributed by atoms with Gasteiger partial charge in [-0.05, 0) is 43.0 Å². The number of hydrogen-bond acceptors (Lipinski definition) is 5. The van der Waals surface area contributed by atoms with E-state index in [2.05, 4.69) is 29.2 Å². The fraction of sp³-hybridized carbons (Fsp3) is 0.481. The van der Waals surface area contributed by atoms with Crippen molar-refractivity contribution >= 4 is 11.8 Å². The topological polar surface area (TPSA) is 62.3 Å². The monoisotopic (exact) mass is 481 g/mol. The van der Waals surface area contributed by atoms with Gasteiger partial charge in [-0.1, -0.05) is 24.3 Å². The Morgan fingerprint density at radius 3 is 2.74 bits per heavy atom. The van der Waals surface area contributed by atoms with E-state index in [1.165, 1.54) is 23.0 Å². The van der Waals surface area contributed by atoms with Crippen molar-refractivity contribution in [3.05, 3.63) is 59.2 Å². The van der Waals surface area contributed by atoms with Crippen molar-refractivity contribution in [1.82, 2.24) is 14.7 Å². The number of hydrogen-bond donors (Lipinski definition) is 0. The number of amides is 2. The van der Waals surface area contributed by atoms with E-state index in [-0.39, 0.29) is 12.0 Å². The molecule has 5 rings (SSSR count). The molecule has 186 valence electrons. The molecule has 1 unspecified atom stereocenters. The van der Waals surface area contributed by atoms with Gasteiger partial charge in [0.05, 0.1) is 25.2 Å². The number of carbonyl (C=O) groups excluding carboxylic acids is 2. The third-order valence-corrected chi connectivity index (χ3v) is 7.00. The van der Waals surface area contributed by atoms with Gasteiger partial charge in [-0.25, -0.2) is 4.39 Å². The quantitative estimate of drug-likeness (QED) is 0.609. The summed E-state index contributed by atoms with van der Waals surface area (Å²) >= 11 is 0. The van der Waals surface area contributed by atoms with Gasteiger partial charge in [0.25, 0.3) is 11.8 Å². The third kappa shape index (κ3) is 5.27. The largest absolute Gasteiger partial charge is 0.491 e. The average molecular weight is 482 g/mol. The molecule has 2 aromatic rings. The van der Waals surface area contributed by atoms with Crippen LogP contribution in [0.15, 0.2) is 42.5 Å². The maximum Gasteiger partial charge on any atom is 0.257 e. The highest BCUT2D eigenvalue weighted by molar-refractivity contribution is 5.97. The Morgan fingerprint density at radius 2 is 1.94 bits per heavy atom. The SMILES string of the molecule is CC(F)C(=O)N1CC(Oc2ccc3c(c2)OCCN(CCCN2CCc4ccccc4C2)C3=O)C1. The summed E-state index contributed by atoms with van der Waals surface area (Å²) in [5.41, 5.74) is 3.39.